The first-order valence-corrected chi connectivity index (χ1v) is 11.6. The molecule has 1 amide bonds. The zero-order valence-corrected chi connectivity index (χ0v) is 18.6. The minimum absolute atomic E-state index is 0.0705. The summed E-state index contributed by atoms with van der Waals surface area (Å²) in [4.78, 5) is 13.1. The first-order chi connectivity index (χ1) is 15.7. The van der Waals surface area contributed by atoms with Crippen LogP contribution in [0.25, 0.3) is 11.1 Å². The fourth-order valence-electron chi connectivity index (χ4n) is 3.65. The lowest BCUT2D eigenvalue weighted by atomic mass is 10.0. The van der Waals surface area contributed by atoms with Crippen LogP contribution in [0, 0.1) is 0 Å². The maximum atomic E-state index is 13.1. The lowest BCUT2D eigenvalue weighted by Gasteiger charge is -2.15. The largest absolute Gasteiger partial charge is 0.467 e. The van der Waals surface area contributed by atoms with Crippen molar-refractivity contribution in [3.8, 4) is 11.1 Å². The number of rotatable bonds is 8. The number of para-hydroxylation sites is 1. The lowest BCUT2D eigenvalue weighted by Crippen LogP contribution is -2.23. The van der Waals surface area contributed by atoms with Gasteiger partial charge in [0.1, 0.15) is 11.6 Å². The molecule has 2 aromatic carbocycles. The van der Waals surface area contributed by atoms with Crippen molar-refractivity contribution in [2.75, 3.05) is 5.32 Å². The Kier molecular flexibility index (Phi) is 5.81. The second kappa shape index (κ2) is 9.04. The Morgan fingerprint density at radius 1 is 1.09 bits per heavy atom. The number of hydrogen-bond acceptors (Lipinski definition) is 5. The zero-order chi connectivity index (χ0) is 21.9. The van der Waals surface area contributed by atoms with Gasteiger partial charge in [-0.15, -0.1) is 10.2 Å². The van der Waals surface area contributed by atoms with E-state index in [9.17, 15) is 4.79 Å². The Morgan fingerprint density at radius 3 is 2.62 bits per heavy atom. The molecule has 1 saturated carbocycles. The van der Waals surface area contributed by atoms with Gasteiger partial charge in [0.2, 0.25) is 5.91 Å². The van der Waals surface area contributed by atoms with Crippen LogP contribution in [-0.2, 0) is 11.3 Å². The average molecular weight is 445 g/mol. The number of nitrogens with zero attached hydrogens (tertiary/aromatic N) is 3. The van der Waals surface area contributed by atoms with Crippen LogP contribution in [0.2, 0.25) is 0 Å². The summed E-state index contributed by atoms with van der Waals surface area (Å²) in [6, 6.07) is 21.7. The summed E-state index contributed by atoms with van der Waals surface area (Å²) < 4.78 is 7.62. The number of thioether (sulfide) groups is 1. The van der Waals surface area contributed by atoms with Crippen LogP contribution in [0.15, 0.2) is 82.6 Å². The molecule has 1 unspecified atom stereocenters. The summed E-state index contributed by atoms with van der Waals surface area (Å²) in [7, 11) is 0. The number of carbonyl (C=O) groups is 1. The molecule has 1 N–H and O–H groups in total. The maximum absolute atomic E-state index is 13.1. The van der Waals surface area contributed by atoms with Crippen LogP contribution in [0.4, 0.5) is 5.69 Å². The Hall–Kier alpha value is -3.32. The smallest absolute Gasteiger partial charge is 0.237 e. The normalized spacial score (nSPS) is 14.3. The quantitative estimate of drug-likeness (QED) is 0.359. The van der Waals surface area contributed by atoms with E-state index in [-0.39, 0.29) is 11.2 Å². The number of nitrogens with one attached hydrogen (secondary N) is 1. The standard InChI is InChI=1S/C25H24N4O2S/c1-17(24(30)26-22-12-6-5-11-21(22)18-8-3-2-4-9-18)32-25-28-27-23(19-13-14-19)29(25)16-20-10-7-15-31-20/h2-12,15,17,19H,13-14,16H2,1H3,(H,26,30). The van der Waals surface area contributed by atoms with Crippen molar-refractivity contribution in [2.24, 2.45) is 0 Å². The summed E-state index contributed by atoms with van der Waals surface area (Å²) in [5, 5.41) is 12.3. The van der Waals surface area contributed by atoms with Crippen LogP contribution in [0.5, 0.6) is 0 Å². The third-order valence-electron chi connectivity index (χ3n) is 5.50. The number of aromatic nitrogens is 3. The van der Waals surface area contributed by atoms with Crippen LogP contribution in [0.1, 0.15) is 37.3 Å². The van der Waals surface area contributed by atoms with E-state index in [2.05, 4.69) is 20.1 Å². The van der Waals surface area contributed by atoms with Gasteiger partial charge >= 0.3 is 0 Å². The number of carbonyl (C=O) groups excluding carboxylic acids is 1. The summed E-state index contributed by atoms with van der Waals surface area (Å²) in [6.07, 6.45) is 3.93. The molecular weight excluding hydrogens is 420 g/mol. The van der Waals surface area contributed by atoms with E-state index in [0.717, 1.165) is 46.4 Å². The second-order valence-electron chi connectivity index (χ2n) is 7.94. The van der Waals surface area contributed by atoms with Crippen LogP contribution in [-0.4, -0.2) is 25.9 Å². The number of benzene rings is 2. The van der Waals surface area contributed by atoms with E-state index in [1.807, 2.05) is 73.7 Å². The molecule has 1 aliphatic rings. The highest BCUT2D eigenvalue weighted by molar-refractivity contribution is 8.00. The van der Waals surface area contributed by atoms with E-state index in [0.29, 0.717) is 12.5 Å². The number of amides is 1. The highest BCUT2D eigenvalue weighted by Gasteiger charge is 2.31. The lowest BCUT2D eigenvalue weighted by molar-refractivity contribution is -0.115. The topological polar surface area (TPSA) is 73.0 Å². The molecule has 2 heterocycles. The minimum Gasteiger partial charge on any atom is -0.467 e. The van der Waals surface area contributed by atoms with Crippen molar-refractivity contribution in [3.05, 3.63) is 84.6 Å². The van der Waals surface area contributed by atoms with E-state index in [4.69, 9.17) is 4.42 Å². The molecule has 0 spiro atoms. The van der Waals surface area contributed by atoms with Gasteiger partial charge in [-0.1, -0.05) is 60.3 Å². The van der Waals surface area contributed by atoms with Crippen molar-refractivity contribution in [2.45, 2.75) is 42.6 Å². The molecule has 4 aromatic rings. The molecule has 32 heavy (non-hydrogen) atoms. The van der Waals surface area contributed by atoms with E-state index >= 15 is 0 Å². The monoisotopic (exact) mass is 444 g/mol. The molecule has 6 nitrogen and oxygen atoms in total. The molecule has 162 valence electrons. The minimum atomic E-state index is -0.342. The summed E-state index contributed by atoms with van der Waals surface area (Å²) >= 11 is 1.42. The van der Waals surface area contributed by atoms with Crippen molar-refractivity contribution < 1.29 is 9.21 Å². The van der Waals surface area contributed by atoms with Gasteiger partial charge in [-0.05, 0) is 43.5 Å². The van der Waals surface area contributed by atoms with E-state index in [1.165, 1.54) is 11.8 Å². The summed E-state index contributed by atoms with van der Waals surface area (Å²) in [5.74, 6) is 2.21. The molecule has 0 aliphatic heterocycles. The highest BCUT2D eigenvalue weighted by Crippen LogP contribution is 2.40. The fourth-order valence-corrected chi connectivity index (χ4v) is 4.50. The van der Waals surface area contributed by atoms with Crippen molar-refractivity contribution >= 4 is 23.4 Å². The summed E-state index contributed by atoms with van der Waals surface area (Å²) in [5.41, 5.74) is 2.86. The molecule has 0 bridgehead atoms. The number of anilines is 1. The van der Waals surface area contributed by atoms with Crippen molar-refractivity contribution in [1.29, 1.82) is 0 Å². The SMILES string of the molecule is CC(Sc1nnc(C2CC2)n1Cc1ccco1)C(=O)Nc1ccccc1-c1ccccc1. The molecule has 5 rings (SSSR count). The Bertz CT molecular complexity index is 1200. The predicted molar refractivity (Wildman–Crippen MR) is 126 cm³/mol. The van der Waals surface area contributed by atoms with E-state index < -0.39 is 0 Å². The molecule has 0 radical (unpaired) electrons. The number of hydrogen-bond donors (Lipinski definition) is 1. The van der Waals surface area contributed by atoms with Gasteiger partial charge in [-0.25, -0.2) is 0 Å². The second-order valence-corrected chi connectivity index (χ2v) is 9.25. The van der Waals surface area contributed by atoms with Gasteiger partial charge in [0.15, 0.2) is 5.16 Å². The molecule has 0 saturated heterocycles. The Morgan fingerprint density at radius 2 is 1.88 bits per heavy atom. The number of furan rings is 1. The molecular formula is C25H24N4O2S. The highest BCUT2D eigenvalue weighted by atomic mass is 32.2. The molecule has 7 heteroatoms. The van der Waals surface area contributed by atoms with Gasteiger partial charge in [0, 0.05) is 17.2 Å². The van der Waals surface area contributed by atoms with Gasteiger partial charge in [0.05, 0.1) is 18.1 Å². The Labute approximate surface area is 191 Å². The zero-order valence-electron chi connectivity index (χ0n) is 17.8. The van der Waals surface area contributed by atoms with Gasteiger partial charge in [0.25, 0.3) is 0 Å². The first kappa shape index (κ1) is 20.6. The van der Waals surface area contributed by atoms with Gasteiger partial charge in [-0.2, -0.15) is 0 Å². The predicted octanol–water partition coefficient (Wildman–Crippen LogP) is 5.58. The Balaban J connectivity index is 1.33. The molecule has 1 aliphatic carbocycles. The molecule has 2 aromatic heterocycles. The molecule has 1 atom stereocenters. The van der Waals surface area contributed by atoms with Crippen LogP contribution in [0.3, 0.4) is 0 Å². The summed E-state index contributed by atoms with van der Waals surface area (Å²) in [6.45, 7) is 2.47. The molecule has 1 fully saturated rings. The fraction of sp³-hybridized carbons (Fsp3) is 0.240. The van der Waals surface area contributed by atoms with Crippen LogP contribution < -0.4 is 5.32 Å². The van der Waals surface area contributed by atoms with Crippen molar-refractivity contribution in [3.63, 3.8) is 0 Å². The third-order valence-corrected chi connectivity index (χ3v) is 6.58. The maximum Gasteiger partial charge on any atom is 0.237 e. The first-order valence-electron chi connectivity index (χ1n) is 10.8. The van der Waals surface area contributed by atoms with E-state index in [1.54, 1.807) is 6.26 Å². The van der Waals surface area contributed by atoms with Crippen LogP contribution >= 0.6 is 11.8 Å². The average Bonchev–Trinajstić information content (AvgIpc) is 3.39. The van der Waals surface area contributed by atoms with Gasteiger partial charge in [-0.3, -0.25) is 9.36 Å². The van der Waals surface area contributed by atoms with Crippen molar-refractivity contribution in [1.82, 2.24) is 14.8 Å². The third kappa shape index (κ3) is 4.48. The van der Waals surface area contributed by atoms with Gasteiger partial charge < -0.3 is 9.73 Å².